The van der Waals surface area contributed by atoms with Gasteiger partial charge in [-0.25, -0.2) is 0 Å². The Morgan fingerprint density at radius 2 is 1.91 bits per heavy atom. The number of rotatable bonds is 5. The predicted octanol–water partition coefficient (Wildman–Crippen LogP) is 4.72. The number of aryl methyl sites for hydroxylation is 1. The van der Waals surface area contributed by atoms with Gasteiger partial charge in [0, 0.05) is 11.8 Å². The van der Waals surface area contributed by atoms with E-state index < -0.39 is 0 Å². The van der Waals surface area contributed by atoms with Crippen LogP contribution in [0, 0.1) is 6.92 Å². The van der Waals surface area contributed by atoms with Crippen LogP contribution in [0.1, 0.15) is 31.0 Å². The average molecular weight is 313 g/mol. The number of hydrogen-bond acceptors (Lipinski definition) is 4. The maximum atomic E-state index is 5.47. The smallest absolute Gasteiger partial charge is 0.200 e. The second-order valence-corrected chi connectivity index (χ2v) is 6.46. The maximum Gasteiger partial charge on any atom is 0.200 e. The summed E-state index contributed by atoms with van der Waals surface area (Å²) >= 11 is 1.70. The highest BCUT2D eigenvalue weighted by Gasteiger charge is 2.18. The minimum atomic E-state index is 0.274. The lowest BCUT2D eigenvalue weighted by atomic mass is 10.2. The summed E-state index contributed by atoms with van der Waals surface area (Å²) in [5.41, 5.74) is 2.56. The van der Waals surface area contributed by atoms with Crippen LogP contribution in [-0.2, 0) is 5.75 Å². The van der Waals surface area contributed by atoms with E-state index in [2.05, 4.69) is 59.8 Å². The van der Waals surface area contributed by atoms with E-state index in [0.29, 0.717) is 0 Å². The molecule has 0 bridgehead atoms. The molecule has 3 rings (SSSR count). The van der Waals surface area contributed by atoms with Crippen molar-refractivity contribution in [3.63, 3.8) is 0 Å². The second-order valence-electron chi connectivity index (χ2n) is 5.52. The van der Waals surface area contributed by atoms with Crippen LogP contribution in [0.2, 0.25) is 0 Å². The van der Waals surface area contributed by atoms with Crippen molar-refractivity contribution in [1.82, 2.24) is 14.8 Å². The highest BCUT2D eigenvalue weighted by atomic mass is 32.2. The van der Waals surface area contributed by atoms with Gasteiger partial charge in [0.2, 0.25) is 5.82 Å². The summed E-state index contributed by atoms with van der Waals surface area (Å²) in [5, 5.41) is 9.57. The molecule has 0 fully saturated rings. The molecule has 0 saturated heterocycles. The van der Waals surface area contributed by atoms with E-state index in [-0.39, 0.29) is 6.04 Å². The number of hydrogen-bond donors (Lipinski definition) is 0. The van der Waals surface area contributed by atoms with Gasteiger partial charge in [0.25, 0.3) is 0 Å². The fourth-order valence-electron chi connectivity index (χ4n) is 2.25. The van der Waals surface area contributed by atoms with Crippen molar-refractivity contribution in [2.24, 2.45) is 0 Å². The van der Waals surface area contributed by atoms with E-state index in [4.69, 9.17) is 4.42 Å². The van der Waals surface area contributed by atoms with Gasteiger partial charge < -0.3 is 4.42 Å². The fourth-order valence-corrected chi connectivity index (χ4v) is 3.27. The summed E-state index contributed by atoms with van der Waals surface area (Å²) < 4.78 is 7.59. The maximum absolute atomic E-state index is 5.47. The van der Waals surface area contributed by atoms with E-state index in [0.717, 1.165) is 22.5 Å². The van der Waals surface area contributed by atoms with Gasteiger partial charge in [-0.1, -0.05) is 41.6 Å². The first-order valence-corrected chi connectivity index (χ1v) is 8.31. The van der Waals surface area contributed by atoms with Crippen LogP contribution < -0.4 is 0 Å². The Kier molecular flexibility index (Phi) is 4.34. The molecule has 2 aromatic heterocycles. The molecule has 4 nitrogen and oxygen atoms in total. The monoisotopic (exact) mass is 313 g/mol. The SMILES string of the molecule is Cc1ccc(CSc2nnc(-c3ccco3)n2C(C)C)cc1. The number of benzene rings is 1. The van der Waals surface area contributed by atoms with Crippen molar-refractivity contribution >= 4 is 11.8 Å². The second kappa shape index (κ2) is 6.40. The lowest BCUT2D eigenvalue weighted by molar-refractivity contribution is 0.529. The molecule has 0 amide bonds. The van der Waals surface area contributed by atoms with Crippen LogP contribution in [0.15, 0.2) is 52.2 Å². The molecule has 1 aromatic carbocycles. The van der Waals surface area contributed by atoms with Crippen molar-refractivity contribution in [2.75, 3.05) is 0 Å². The molecule has 0 unspecified atom stereocenters. The Balaban J connectivity index is 1.83. The van der Waals surface area contributed by atoms with Crippen LogP contribution in [0.4, 0.5) is 0 Å². The van der Waals surface area contributed by atoms with Crippen LogP contribution in [0.3, 0.4) is 0 Å². The van der Waals surface area contributed by atoms with Crippen molar-refractivity contribution in [2.45, 2.75) is 37.7 Å². The summed E-state index contributed by atoms with van der Waals surface area (Å²) in [7, 11) is 0. The molecule has 0 aliphatic carbocycles. The Morgan fingerprint density at radius 3 is 2.55 bits per heavy atom. The summed E-state index contributed by atoms with van der Waals surface area (Å²) in [6.45, 7) is 6.36. The molecule has 22 heavy (non-hydrogen) atoms. The first-order valence-electron chi connectivity index (χ1n) is 7.32. The van der Waals surface area contributed by atoms with E-state index in [1.807, 2.05) is 12.1 Å². The van der Waals surface area contributed by atoms with E-state index in [9.17, 15) is 0 Å². The van der Waals surface area contributed by atoms with Crippen molar-refractivity contribution < 1.29 is 4.42 Å². The normalized spacial score (nSPS) is 11.3. The summed E-state index contributed by atoms with van der Waals surface area (Å²) in [4.78, 5) is 0. The Hall–Kier alpha value is -2.01. The lowest BCUT2D eigenvalue weighted by Crippen LogP contribution is -2.04. The third-order valence-corrected chi connectivity index (χ3v) is 4.43. The molecule has 0 spiro atoms. The number of aromatic nitrogens is 3. The van der Waals surface area contributed by atoms with Crippen LogP contribution in [0.25, 0.3) is 11.6 Å². The van der Waals surface area contributed by atoms with Gasteiger partial charge in [-0.3, -0.25) is 4.57 Å². The van der Waals surface area contributed by atoms with Crippen molar-refractivity contribution in [1.29, 1.82) is 0 Å². The standard InChI is InChI=1S/C17H19N3OS/c1-12(2)20-16(15-5-4-10-21-15)18-19-17(20)22-11-14-8-6-13(3)7-9-14/h4-10,12H,11H2,1-3H3. The molecular formula is C17H19N3OS. The van der Waals surface area contributed by atoms with Gasteiger partial charge >= 0.3 is 0 Å². The van der Waals surface area contributed by atoms with E-state index >= 15 is 0 Å². The van der Waals surface area contributed by atoms with E-state index in [1.54, 1.807) is 18.0 Å². The molecule has 0 saturated carbocycles. The molecule has 2 heterocycles. The first-order chi connectivity index (χ1) is 10.6. The quantitative estimate of drug-likeness (QED) is 0.639. The van der Waals surface area contributed by atoms with Crippen molar-refractivity contribution in [3.8, 4) is 11.6 Å². The largest absolute Gasteiger partial charge is 0.461 e. The summed E-state index contributed by atoms with van der Waals surface area (Å²) in [5.74, 6) is 2.42. The van der Waals surface area contributed by atoms with Crippen LogP contribution in [-0.4, -0.2) is 14.8 Å². The van der Waals surface area contributed by atoms with Crippen molar-refractivity contribution in [3.05, 3.63) is 53.8 Å². The third-order valence-electron chi connectivity index (χ3n) is 3.41. The molecule has 114 valence electrons. The fraction of sp³-hybridized carbons (Fsp3) is 0.294. The van der Waals surface area contributed by atoms with Gasteiger partial charge in [0.15, 0.2) is 10.9 Å². The minimum Gasteiger partial charge on any atom is -0.461 e. The predicted molar refractivity (Wildman–Crippen MR) is 88.8 cm³/mol. The van der Waals surface area contributed by atoms with Gasteiger partial charge in [-0.15, -0.1) is 10.2 Å². The van der Waals surface area contributed by atoms with Crippen LogP contribution in [0.5, 0.6) is 0 Å². The van der Waals surface area contributed by atoms with Gasteiger partial charge in [0.05, 0.1) is 6.26 Å². The zero-order chi connectivity index (χ0) is 15.5. The summed E-state index contributed by atoms with van der Waals surface area (Å²) in [6.07, 6.45) is 1.66. The number of thioether (sulfide) groups is 1. The molecule has 0 atom stereocenters. The Labute approximate surface area is 134 Å². The molecule has 0 N–H and O–H groups in total. The minimum absolute atomic E-state index is 0.274. The summed E-state index contributed by atoms with van der Waals surface area (Å²) in [6, 6.07) is 12.6. The molecule has 0 aliphatic rings. The number of furan rings is 1. The molecule has 3 aromatic rings. The lowest BCUT2D eigenvalue weighted by Gasteiger charge is -2.12. The van der Waals surface area contributed by atoms with Crippen LogP contribution >= 0.6 is 11.8 Å². The molecule has 0 radical (unpaired) electrons. The zero-order valence-corrected chi connectivity index (χ0v) is 13.8. The molecule has 0 aliphatic heterocycles. The molecule has 5 heteroatoms. The highest BCUT2D eigenvalue weighted by molar-refractivity contribution is 7.98. The van der Waals surface area contributed by atoms with Gasteiger partial charge in [0.1, 0.15) is 0 Å². The average Bonchev–Trinajstić information content (AvgIpc) is 3.15. The zero-order valence-electron chi connectivity index (χ0n) is 13.0. The molecular weight excluding hydrogens is 294 g/mol. The number of nitrogens with zero attached hydrogens (tertiary/aromatic N) is 3. The first kappa shape index (κ1) is 14.9. The van der Waals surface area contributed by atoms with Gasteiger partial charge in [-0.05, 0) is 38.5 Å². The highest BCUT2D eigenvalue weighted by Crippen LogP contribution is 2.29. The topological polar surface area (TPSA) is 43.9 Å². The Bertz CT molecular complexity index is 730. The van der Waals surface area contributed by atoms with E-state index in [1.165, 1.54) is 11.1 Å². The third kappa shape index (κ3) is 3.09. The van der Waals surface area contributed by atoms with Gasteiger partial charge in [-0.2, -0.15) is 0 Å². The Morgan fingerprint density at radius 1 is 1.14 bits per heavy atom.